The van der Waals surface area contributed by atoms with E-state index >= 15 is 0 Å². The monoisotopic (exact) mass is 413 g/mol. The summed E-state index contributed by atoms with van der Waals surface area (Å²) in [6, 6.07) is 9.30. The van der Waals surface area contributed by atoms with Crippen LogP contribution in [0.3, 0.4) is 0 Å². The largest absolute Gasteiger partial charge is 0.494 e. The van der Waals surface area contributed by atoms with Crippen LogP contribution >= 0.6 is 23.6 Å². The lowest BCUT2D eigenvalue weighted by Crippen LogP contribution is -2.34. The zero-order chi connectivity index (χ0) is 20.1. The maximum Gasteiger partial charge on any atom is 0.257 e. The molecule has 5 nitrogen and oxygen atoms in total. The van der Waals surface area contributed by atoms with E-state index < -0.39 is 0 Å². The summed E-state index contributed by atoms with van der Waals surface area (Å²) in [6.07, 6.45) is 3.97. The van der Waals surface area contributed by atoms with Gasteiger partial charge in [0.2, 0.25) is 0 Å². The Bertz CT molecular complexity index is 928. The van der Waals surface area contributed by atoms with Crippen LogP contribution in [0.1, 0.15) is 53.1 Å². The predicted molar refractivity (Wildman–Crippen MR) is 116 cm³/mol. The Morgan fingerprint density at radius 3 is 2.96 bits per heavy atom. The first-order chi connectivity index (χ1) is 13.5. The molecule has 1 aliphatic carbocycles. The number of nitriles is 1. The Labute approximate surface area is 174 Å². The van der Waals surface area contributed by atoms with Crippen LogP contribution in [0.2, 0.25) is 0 Å². The highest BCUT2D eigenvalue weighted by atomic mass is 32.1. The van der Waals surface area contributed by atoms with E-state index in [9.17, 15) is 10.1 Å². The number of hydrogen-bond acceptors (Lipinski definition) is 5. The van der Waals surface area contributed by atoms with Crippen LogP contribution in [0.5, 0.6) is 5.75 Å². The summed E-state index contributed by atoms with van der Waals surface area (Å²) in [4.78, 5) is 13.8. The third kappa shape index (κ3) is 4.89. The van der Waals surface area contributed by atoms with Crippen molar-refractivity contribution in [3.8, 4) is 11.8 Å². The van der Waals surface area contributed by atoms with Crippen molar-refractivity contribution in [3.63, 3.8) is 0 Å². The minimum Gasteiger partial charge on any atom is -0.494 e. The predicted octanol–water partition coefficient (Wildman–Crippen LogP) is 4.66. The number of amides is 1. The average Bonchev–Trinajstić information content (AvgIpc) is 3.22. The summed E-state index contributed by atoms with van der Waals surface area (Å²) in [7, 11) is 0. The molecule has 1 aromatic heterocycles. The molecular weight excluding hydrogens is 390 g/mol. The second-order valence-corrected chi connectivity index (χ2v) is 8.65. The Balaban J connectivity index is 1.60. The Kier molecular flexibility index (Phi) is 6.65. The number of benzene rings is 1. The van der Waals surface area contributed by atoms with Crippen molar-refractivity contribution in [2.24, 2.45) is 5.92 Å². The molecule has 28 heavy (non-hydrogen) atoms. The minimum atomic E-state index is -0.311. The fourth-order valence-electron chi connectivity index (χ4n) is 3.06. The summed E-state index contributed by atoms with van der Waals surface area (Å²) in [5.74, 6) is 0.912. The van der Waals surface area contributed by atoms with Crippen molar-refractivity contribution in [2.75, 3.05) is 11.9 Å². The van der Waals surface area contributed by atoms with Gasteiger partial charge < -0.3 is 10.1 Å². The van der Waals surface area contributed by atoms with Crippen LogP contribution in [0.15, 0.2) is 24.3 Å². The highest BCUT2D eigenvalue weighted by Gasteiger charge is 2.22. The van der Waals surface area contributed by atoms with E-state index in [4.69, 9.17) is 17.0 Å². The van der Waals surface area contributed by atoms with E-state index in [1.807, 2.05) is 6.07 Å². The van der Waals surface area contributed by atoms with Crippen LogP contribution in [0, 0.1) is 17.2 Å². The van der Waals surface area contributed by atoms with Crippen molar-refractivity contribution in [1.29, 1.82) is 5.26 Å². The van der Waals surface area contributed by atoms with E-state index in [1.54, 1.807) is 29.5 Å². The SMILES string of the molecule is CC(C)CCOc1cccc(C(=O)NC(=S)Nc2sc3c(c2C#N)CCC3)c1. The van der Waals surface area contributed by atoms with Crippen molar-refractivity contribution < 1.29 is 9.53 Å². The zero-order valence-electron chi connectivity index (χ0n) is 16.0. The molecule has 0 bridgehead atoms. The van der Waals surface area contributed by atoms with Crippen molar-refractivity contribution in [3.05, 3.63) is 45.8 Å². The molecule has 2 aromatic rings. The number of fused-ring (bicyclic) bond motifs is 1. The summed E-state index contributed by atoms with van der Waals surface area (Å²) in [5.41, 5.74) is 2.24. The first-order valence-electron chi connectivity index (χ1n) is 9.37. The molecule has 0 radical (unpaired) electrons. The van der Waals surface area contributed by atoms with Gasteiger partial charge in [-0.2, -0.15) is 5.26 Å². The van der Waals surface area contributed by atoms with Crippen LogP contribution in [-0.2, 0) is 12.8 Å². The van der Waals surface area contributed by atoms with Crippen LogP contribution in [-0.4, -0.2) is 17.6 Å². The number of ether oxygens (including phenoxy) is 1. The Morgan fingerprint density at radius 1 is 1.39 bits per heavy atom. The lowest BCUT2D eigenvalue weighted by molar-refractivity contribution is 0.0977. The van der Waals surface area contributed by atoms with Crippen molar-refractivity contribution in [1.82, 2.24) is 5.32 Å². The molecule has 1 aromatic carbocycles. The molecule has 0 spiro atoms. The molecule has 7 heteroatoms. The number of rotatable bonds is 6. The third-order valence-corrected chi connectivity index (χ3v) is 5.96. The highest BCUT2D eigenvalue weighted by molar-refractivity contribution is 7.80. The molecule has 0 saturated heterocycles. The van der Waals surface area contributed by atoms with Crippen molar-refractivity contribution >= 4 is 39.6 Å². The van der Waals surface area contributed by atoms with Gasteiger partial charge in [0.1, 0.15) is 16.8 Å². The summed E-state index contributed by atoms with van der Waals surface area (Å²) in [5, 5.41) is 16.1. The molecule has 1 amide bonds. The number of aryl methyl sites for hydroxylation is 1. The maximum absolute atomic E-state index is 12.5. The highest BCUT2D eigenvalue weighted by Crippen LogP contribution is 2.38. The number of hydrogen-bond donors (Lipinski definition) is 2. The second-order valence-electron chi connectivity index (χ2n) is 7.14. The molecule has 0 fully saturated rings. The van der Waals surface area contributed by atoms with Gasteiger partial charge in [-0.3, -0.25) is 10.1 Å². The summed E-state index contributed by atoms with van der Waals surface area (Å²) in [6.45, 7) is 4.89. The van der Waals surface area contributed by atoms with E-state index in [1.165, 1.54) is 4.88 Å². The summed E-state index contributed by atoms with van der Waals surface area (Å²) < 4.78 is 5.71. The summed E-state index contributed by atoms with van der Waals surface area (Å²) >= 11 is 6.83. The maximum atomic E-state index is 12.5. The van der Waals surface area contributed by atoms with Gasteiger partial charge >= 0.3 is 0 Å². The minimum absolute atomic E-state index is 0.188. The number of nitrogens with one attached hydrogen (secondary N) is 2. The van der Waals surface area contributed by atoms with Gasteiger partial charge in [0, 0.05) is 10.4 Å². The van der Waals surface area contributed by atoms with Gasteiger partial charge in [-0.1, -0.05) is 19.9 Å². The first-order valence-corrected chi connectivity index (χ1v) is 10.6. The van der Waals surface area contributed by atoms with Gasteiger partial charge in [-0.15, -0.1) is 11.3 Å². The molecule has 3 rings (SSSR count). The van der Waals surface area contributed by atoms with E-state index in [-0.39, 0.29) is 11.0 Å². The molecule has 0 saturated carbocycles. The lowest BCUT2D eigenvalue weighted by Gasteiger charge is -2.11. The normalized spacial score (nSPS) is 12.4. The quantitative estimate of drug-likeness (QED) is 0.674. The molecule has 0 unspecified atom stereocenters. The number of nitrogens with zero attached hydrogens (tertiary/aromatic N) is 1. The number of carbonyl (C=O) groups is 1. The van der Waals surface area contributed by atoms with E-state index in [0.29, 0.717) is 34.4 Å². The number of carbonyl (C=O) groups excluding carboxylic acids is 1. The van der Waals surface area contributed by atoms with Crippen LogP contribution in [0.25, 0.3) is 0 Å². The number of anilines is 1. The first kappa shape index (κ1) is 20.3. The molecular formula is C21H23N3O2S2. The fourth-order valence-corrected chi connectivity index (χ4v) is 4.56. The zero-order valence-corrected chi connectivity index (χ0v) is 17.6. The van der Waals surface area contributed by atoms with E-state index in [0.717, 1.165) is 31.2 Å². The molecule has 1 aliphatic rings. The van der Waals surface area contributed by atoms with Gasteiger partial charge in [0.05, 0.1) is 12.2 Å². The average molecular weight is 414 g/mol. The van der Waals surface area contributed by atoms with Gasteiger partial charge in [0.25, 0.3) is 5.91 Å². The fraction of sp³-hybridized carbons (Fsp3) is 0.381. The molecule has 0 aliphatic heterocycles. The smallest absolute Gasteiger partial charge is 0.257 e. The van der Waals surface area contributed by atoms with Gasteiger partial charge in [0.15, 0.2) is 5.11 Å². The van der Waals surface area contributed by atoms with Gasteiger partial charge in [-0.25, -0.2) is 0 Å². The molecule has 1 heterocycles. The van der Waals surface area contributed by atoms with Crippen molar-refractivity contribution in [2.45, 2.75) is 39.5 Å². The standard InChI is InChI=1S/C21H23N3O2S2/c1-13(2)9-10-26-15-6-3-5-14(11-15)19(25)23-21(27)24-20-17(12-22)16-7-4-8-18(16)28-20/h3,5-6,11,13H,4,7-10H2,1-2H3,(H2,23,24,25,27). The topological polar surface area (TPSA) is 74.2 Å². The second kappa shape index (κ2) is 9.18. The Morgan fingerprint density at radius 2 is 2.21 bits per heavy atom. The molecule has 0 atom stereocenters. The van der Waals surface area contributed by atoms with Crippen LogP contribution < -0.4 is 15.4 Å². The lowest BCUT2D eigenvalue weighted by atomic mass is 10.1. The van der Waals surface area contributed by atoms with Crippen LogP contribution in [0.4, 0.5) is 5.00 Å². The Hall–Kier alpha value is -2.43. The number of thiophene rings is 1. The van der Waals surface area contributed by atoms with Gasteiger partial charge in [-0.05, 0) is 67.6 Å². The molecule has 2 N–H and O–H groups in total. The van der Waals surface area contributed by atoms with E-state index in [2.05, 4.69) is 30.6 Å². The number of thiocarbonyl (C=S) groups is 1. The molecule has 146 valence electrons. The third-order valence-electron chi connectivity index (χ3n) is 4.55.